The van der Waals surface area contributed by atoms with Gasteiger partial charge in [-0.15, -0.1) is 0 Å². The van der Waals surface area contributed by atoms with Crippen molar-refractivity contribution in [3.63, 3.8) is 0 Å². The number of pyridine rings is 1. The van der Waals surface area contributed by atoms with E-state index in [1.54, 1.807) is 32.7 Å². The van der Waals surface area contributed by atoms with Crippen LogP contribution in [-0.4, -0.2) is 29.2 Å². The quantitative estimate of drug-likeness (QED) is 0.281. The minimum absolute atomic E-state index is 0.0142. The molecule has 174 valence electrons. The molecule has 0 aliphatic carbocycles. The SMILES string of the molecule is COc1cccc(OC)c1-c1ccc2nc(-c3cccnc3)nc(Nc3ccc(F)c(Cl)c3)c2c1. The van der Waals surface area contributed by atoms with Crippen LogP contribution in [0.2, 0.25) is 5.02 Å². The first-order chi connectivity index (χ1) is 17.1. The number of aromatic nitrogens is 3. The molecule has 0 spiro atoms. The van der Waals surface area contributed by atoms with Crippen LogP contribution in [0.5, 0.6) is 11.5 Å². The minimum atomic E-state index is -0.494. The lowest BCUT2D eigenvalue weighted by Gasteiger charge is -2.15. The number of rotatable bonds is 6. The number of anilines is 2. The second-order valence-electron chi connectivity index (χ2n) is 7.66. The number of ether oxygens (including phenoxy) is 2. The molecule has 35 heavy (non-hydrogen) atoms. The lowest BCUT2D eigenvalue weighted by molar-refractivity contribution is 0.397. The molecule has 1 N–H and O–H groups in total. The summed E-state index contributed by atoms with van der Waals surface area (Å²) in [6.07, 6.45) is 3.39. The molecule has 0 bridgehead atoms. The van der Waals surface area contributed by atoms with E-state index in [2.05, 4.69) is 10.3 Å². The summed E-state index contributed by atoms with van der Waals surface area (Å²) in [4.78, 5) is 13.7. The highest BCUT2D eigenvalue weighted by molar-refractivity contribution is 6.31. The molecule has 0 unspecified atom stereocenters. The summed E-state index contributed by atoms with van der Waals surface area (Å²) >= 11 is 6.01. The molecule has 3 aromatic carbocycles. The zero-order chi connectivity index (χ0) is 24.4. The van der Waals surface area contributed by atoms with Gasteiger partial charge in [0.05, 0.1) is 30.3 Å². The maximum Gasteiger partial charge on any atom is 0.163 e. The van der Waals surface area contributed by atoms with Crippen molar-refractivity contribution in [2.75, 3.05) is 19.5 Å². The first kappa shape index (κ1) is 22.6. The van der Waals surface area contributed by atoms with Crippen LogP contribution in [0.15, 0.2) is 79.1 Å². The van der Waals surface area contributed by atoms with Crippen molar-refractivity contribution in [3.8, 4) is 34.0 Å². The molecular weight excluding hydrogens is 467 g/mol. The summed E-state index contributed by atoms with van der Waals surface area (Å²) in [6, 6.07) is 19.6. The van der Waals surface area contributed by atoms with Crippen LogP contribution >= 0.6 is 11.6 Å². The third kappa shape index (κ3) is 4.46. The van der Waals surface area contributed by atoms with Gasteiger partial charge in [-0.05, 0) is 60.2 Å². The highest BCUT2D eigenvalue weighted by atomic mass is 35.5. The average molecular weight is 487 g/mol. The Morgan fingerprint density at radius 3 is 2.34 bits per heavy atom. The molecule has 0 fully saturated rings. The van der Waals surface area contributed by atoms with E-state index in [1.807, 2.05) is 48.5 Å². The Balaban J connectivity index is 1.72. The summed E-state index contributed by atoms with van der Waals surface area (Å²) in [6.45, 7) is 0. The molecule has 0 aliphatic heterocycles. The van der Waals surface area contributed by atoms with Crippen molar-refractivity contribution in [3.05, 3.63) is 90.0 Å². The van der Waals surface area contributed by atoms with E-state index in [4.69, 9.17) is 31.0 Å². The minimum Gasteiger partial charge on any atom is -0.496 e. The van der Waals surface area contributed by atoms with Gasteiger partial charge >= 0.3 is 0 Å². The molecule has 6 nitrogen and oxygen atoms in total. The summed E-state index contributed by atoms with van der Waals surface area (Å²) in [5, 5.41) is 4.04. The van der Waals surface area contributed by atoms with E-state index in [-0.39, 0.29) is 5.02 Å². The first-order valence-corrected chi connectivity index (χ1v) is 11.1. The van der Waals surface area contributed by atoms with Crippen LogP contribution in [0.3, 0.4) is 0 Å². The summed E-state index contributed by atoms with van der Waals surface area (Å²) in [5.41, 5.74) is 3.75. The van der Waals surface area contributed by atoms with E-state index in [0.29, 0.717) is 34.3 Å². The lowest BCUT2D eigenvalue weighted by Crippen LogP contribution is -2.00. The van der Waals surface area contributed by atoms with E-state index in [0.717, 1.165) is 22.1 Å². The Kier molecular flexibility index (Phi) is 6.16. The molecule has 5 rings (SSSR count). The highest BCUT2D eigenvalue weighted by Gasteiger charge is 2.16. The van der Waals surface area contributed by atoms with Crippen molar-refractivity contribution < 1.29 is 13.9 Å². The Hall–Kier alpha value is -4.23. The third-order valence-corrected chi connectivity index (χ3v) is 5.80. The number of nitrogens with zero attached hydrogens (tertiary/aromatic N) is 3. The van der Waals surface area contributed by atoms with E-state index >= 15 is 0 Å². The van der Waals surface area contributed by atoms with Gasteiger partial charge in [-0.1, -0.05) is 23.7 Å². The Labute approximate surface area is 206 Å². The Morgan fingerprint density at radius 1 is 0.857 bits per heavy atom. The number of methoxy groups -OCH3 is 2. The van der Waals surface area contributed by atoms with Crippen LogP contribution < -0.4 is 14.8 Å². The number of hydrogen-bond donors (Lipinski definition) is 1. The normalized spacial score (nSPS) is 10.9. The van der Waals surface area contributed by atoms with Gasteiger partial charge in [0.1, 0.15) is 23.1 Å². The van der Waals surface area contributed by atoms with Gasteiger partial charge in [0.2, 0.25) is 0 Å². The molecular formula is C27H20ClFN4O2. The topological polar surface area (TPSA) is 69.2 Å². The molecule has 8 heteroatoms. The smallest absolute Gasteiger partial charge is 0.163 e. The van der Waals surface area contributed by atoms with Gasteiger partial charge < -0.3 is 14.8 Å². The molecule has 0 atom stereocenters. The highest BCUT2D eigenvalue weighted by Crippen LogP contribution is 2.40. The summed E-state index contributed by atoms with van der Waals surface area (Å²) in [7, 11) is 3.24. The second-order valence-corrected chi connectivity index (χ2v) is 8.07. The fourth-order valence-electron chi connectivity index (χ4n) is 3.85. The van der Waals surface area contributed by atoms with Gasteiger partial charge in [0.15, 0.2) is 5.82 Å². The van der Waals surface area contributed by atoms with Crippen molar-refractivity contribution in [2.24, 2.45) is 0 Å². The van der Waals surface area contributed by atoms with Gasteiger partial charge in [0.25, 0.3) is 0 Å². The number of hydrogen-bond acceptors (Lipinski definition) is 6. The fourth-order valence-corrected chi connectivity index (χ4v) is 4.03. The van der Waals surface area contributed by atoms with Crippen LogP contribution in [0.4, 0.5) is 15.9 Å². The Bertz CT molecular complexity index is 1510. The van der Waals surface area contributed by atoms with E-state index < -0.39 is 5.82 Å². The maximum atomic E-state index is 13.7. The number of nitrogens with one attached hydrogen (secondary N) is 1. The molecule has 0 amide bonds. The molecule has 5 aromatic rings. The zero-order valence-corrected chi connectivity index (χ0v) is 19.7. The summed E-state index contributed by atoms with van der Waals surface area (Å²) < 4.78 is 24.9. The third-order valence-electron chi connectivity index (χ3n) is 5.51. The Morgan fingerprint density at radius 2 is 1.66 bits per heavy atom. The number of halogens is 2. The van der Waals surface area contributed by atoms with E-state index in [9.17, 15) is 4.39 Å². The van der Waals surface area contributed by atoms with Crippen LogP contribution in [0.25, 0.3) is 33.4 Å². The number of fused-ring (bicyclic) bond motifs is 1. The number of benzene rings is 3. The monoisotopic (exact) mass is 486 g/mol. The molecule has 0 radical (unpaired) electrons. The van der Waals surface area contributed by atoms with Gasteiger partial charge in [-0.25, -0.2) is 14.4 Å². The first-order valence-electron chi connectivity index (χ1n) is 10.7. The molecule has 0 saturated heterocycles. The maximum absolute atomic E-state index is 13.7. The summed E-state index contributed by atoms with van der Waals surface area (Å²) in [5.74, 6) is 1.90. The zero-order valence-electron chi connectivity index (χ0n) is 18.9. The molecule has 0 saturated carbocycles. The van der Waals surface area contributed by atoms with Gasteiger partial charge in [-0.2, -0.15) is 0 Å². The van der Waals surface area contributed by atoms with Crippen molar-refractivity contribution >= 4 is 34.0 Å². The van der Waals surface area contributed by atoms with E-state index in [1.165, 1.54) is 12.1 Å². The largest absolute Gasteiger partial charge is 0.496 e. The van der Waals surface area contributed by atoms with Crippen molar-refractivity contribution in [1.82, 2.24) is 15.0 Å². The molecule has 2 heterocycles. The standard InChI is InChI=1S/C27H20ClFN4O2/c1-34-23-6-3-7-24(35-2)25(23)16-8-11-22-19(13-16)27(31-18-9-10-21(29)20(28)14-18)33-26(32-22)17-5-4-12-30-15-17/h3-15H,1-2H3,(H,31,32,33). The molecule has 0 aliphatic rings. The predicted molar refractivity (Wildman–Crippen MR) is 136 cm³/mol. The van der Waals surface area contributed by atoms with Crippen molar-refractivity contribution in [2.45, 2.75) is 0 Å². The average Bonchev–Trinajstić information content (AvgIpc) is 2.90. The van der Waals surface area contributed by atoms with Crippen LogP contribution in [0.1, 0.15) is 0 Å². The fraction of sp³-hybridized carbons (Fsp3) is 0.0741. The lowest BCUT2D eigenvalue weighted by atomic mass is 10.0. The second kappa shape index (κ2) is 9.56. The van der Waals surface area contributed by atoms with Gasteiger partial charge in [0, 0.05) is 29.0 Å². The van der Waals surface area contributed by atoms with Gasteiger partial charge in [-0.3, -0.25) is 4.98 Å². The van der Waals surface area contributed by atoms with Crippen LogP contribution in [0, 0.1) is 5.82 Å². The van der Waals surface area contributed by atoms with Crippen molar-refractivity contribution in [1.29, 1.82) is 0 Å². The predicted octanol–water partition coefficient (Wildman–Crippen LogP) is 6.91. The molecule has 2 aromatic heterocycles. The van der Waals surface area contributed by atoms with Crippen LogP contribution in [-0.2, 0) is 0 Å².